The van der Waals surface area contributed by atoms with Gasteiger partial charge >= 0.3 is 0 Å². The van der Waals surface area contributed by atoms with Gasteiger partial charge in [-0.25, -0.2) is 0 Å². The zero-order valence-electron chi connectivity index (χ0n) is 18.9. The van der Waals surface area contributed by atoms with Gasteiger partial charge in [-0.05, 0) is 25.1 Å². The Balaban J connectivity index is 3.07. The summed E-state index contributed by atoms with van der Waals surface area (Å²) in [5.41, 5.74) is 0. The highest BCUT2D eigenvalue weighted by molar-refractivity contribution is 7.80. The molecule has 0 atom stereocenters. The smallest absolute Gasteiger partial charge is 0.159 e. The van der Waals surface area contributed by atoms with Crippen LogP contribution >= 0.6 is 12.2 Å². The van der Waals surface area contributed by atoms with Crippen molar-refractivity contribution in [3.63, 3.8) is 0 Å². The number of ether oxygens (including phenoxy) is 1. The van der Waals surface area contributed by atoms with Crippen LogP contribution in [-0.4, -0.2) is 11.7 Å². The Morgan fingerprint density at radius 1 is 0.481 bits per heavy atom. The average molecular weight is 399 g/mol. The summed E-state index contributed by atoms with van der Waals surface area (Å²) < 4.78 is 5.67. The fourth-order valence-corrected chi connectivity index (χ4v) is 3.83. The summed E-state index contributed by atoms with van der Waals surface area (Å²) in [5, 5.41) is 0.840. The zero-order chi connectivity index (χ0) is 19.8. The average Bonchev–Trinajstić information content (AvgIpc) is 2.67. The van der Waals surface area contributed by atoms with Crippen molar-refractivity contribution in [2.24, 2.45) is 0 Å². The standard InChI is InChI=1S/C25H50OS/c1-3-5-7-9-10-11-12-13-14-15-16-17-18-19-20-22-24-26-25(27)23-21-8-6-4-2/h3-24H2,1-2H3. The van der Waals surface area contributed by atoms with Crippen LogP contribution in [0.2, 0.25) is 0 Å². The number of hydrogen-bond acceptors (Lipinski definition) is 2. The Morgan fingerprint density at radius 2 is 0.815 bits per heavy atom. The SMILES string of the molecule is CCCCCCCCCCCCCCCCCCOC(=S)CCCCCC. The maximum Gasteiger partial charge on any atom is 0.159 e. The molecule has 0 N–H and O–H groups in total. The Bertz CT molecular complexity index is 290. The molecule has 0 spiro atoms. The predicted octanol–water partition coefficient (Wildman–Crippen LogP) is 9.56. The van der Waals surface area contributed by atoms with E-state index in [0.29, 0.717) is 0 Å². The van der Waals surface area contributed by atoms with Gasteiger partial charge in [0.1, 0.15) is 0 Å². The van der Waals surface area contributed by atoms with Crippen molar-refractivity contribution < 1.29 is 4.74 Å². The van der Waals surface area contributed by atoms with Crippen LogP contribution in [0.3, 0.4) is 0 Å². The van der Waals surface area contributed by atoms with E-state index in [4.69, 9.17) is 17.0 Å². The van der Waals surface area contributed by atoms with Crippen molar-refractivity contribution in [1.82, 2.24) is 0 Å². The number of rotatable bonds is 22. The quantitative estimate of drug-likeness (QED) is 0.133. The van der Waals surface area contributed by atoms with Crippen LogP contribution in [0.15, 0.2) is 0 Å². The van der Waals surface area contributed by atoms with E-state index in [2.05, 4.69) is 13.8 Å². The minimum absolute atomic E-state index is 0.838. The molecular formula is C25H50OS. The van der Waals surface area contributed by atoms with E-state index < -0.39 is 0 Å². The predicted molar refractivity (Wildman–Crippen MR) is 127 cm³/mol. The molecule has 162 valence electrons. The Morgan fingerprint density at radius 3 is 1.22 bits per heavy atom. The number of hydrogen-bond donors (Lipinski definition) is 0. The number of thiocarbonyl (C=S) groups is 1. The summed E-state index contributed by atoms with van der Waals surface area (Å²) in [6, 6.07) is 0. The highest BCUT2D eigenvalue weighted by Gasteiger charge is 1.98. The Kier molecular flexibility index (Phi) is 23.8. The monoisotopic (exact) mass is 398 g/mol. The molecule has 0 aromatic carbocycles. The molecule has 27 heavy (non-hydrogen) atoms. The van der Waals surface area contributed by atoms with Gasteiger partial charge in [-0.1, -0.05) is 129 Å². The second kappa shape index (κ2) is 23.9. The molecule has 0 aromatic heterocycles. The van der Waals surface area contributed by atoms with E-state index in [0.717, 1.165) is 18.1 Å². The molecule has 0 saturated carbocycles. The van der Waals surface area contributed by atoms with Gasteiger partial charge in [0.15, 0.2) is 5.05 Å². The lowest BCUT2D eigenvalue weighted by Crippen LogP contribution is -2.03. The molecule has 0 saturated heterocycles. The van der Waals surface area contributed by atoms with Crippen molar-refractivity contribution in [3.05, 3.63) is 0 Å². The summed E-state index contributed by atoms with van der Waals surface area (Å²) in [5.74, 6) is 0. The lowest BCUT2D eigenvalue weighted by molar-refractivity contribution is 0.290. The molecular weight excluding hydrogens is 348 g/mol. The Hall–Kier alpha value is -0.110. The lowest BCUT2D eigenvalue weighted by atomic mass is 10.0. The molecule has 0 radical (unpaired) electrons. The van der Waals surface area contributed by atoms with Gasteiger partial charge in [-0.2, -0.15) is 0 Å². The molecule has 2 heteroatoms. The molecule has 0 aromatic rings. The van der Waals surface area contributed by atoms with Crippen LogP contribution in [0.1, 0.15) is 149 Å². The molecule has 1 nitrogen and oxygen atoms in total. The van der Waals surface area contributed by atoms with Crippen molar-refractivity contribution in [2.75, 3.05) is 6.61 Å². The van der Waals surface area contributed by atoms with Crippen molar-refractivity contribution >= 4 is 17.3 Å². The molecule has 0 bridgehead atoms. The van der Waals surface area contributed by atoms with Crippen LogP contribution in [0.25, 0.3) is 0 Å². The van der Waals surface area contributed by atoms with E-state index in [1.54, 1.807) is 0 Å². The molecule has 0 heterocycles. The van der Waals surface area contributed by atoms with E-state index in [1.165, 1.54) is 128 Å². The normalized spacial score (nSPS) is 11.0. The van der Waals surface area contributed by atoms with Crippen LogP contribution in [0, 0.1) is 0 Å². The summed E-state index contributed by atoms with van der Waals surface area (Å²) in [7, 11) is 0. The topological polar surface area (TPSA) is 9.23 Å². The van der Waals surface area contributed by atoms with E-state index >= 15 is 0 Å². The van der Waals surface area contributed by atoms with Gasteiger partial charge in [0.2, 0.25) is 0 Å². The molecule has 0 fully saturated rings. The van der Waals surface area contributed by atoms with Crippen LogP contribution < -0.4 is 0 Å². The number of unbranched alkanes of at least 4 members (excludes halogenated alkanes) is 18. The maximum atomic E-state index is 5.67. The van der Waals surface area contributed by atoms with Crippen molar-refractivity contribution in [1.29, 1.82) is 0 Å². The second-order valence-corrected chi connectivity index (χ2v) is 8.79. The van der Waals surface area contributed by atoms with Gasteiger partial charge in [-0.15, -0.1) is 0 Å². The first-order valence-corrected chi connectivity index (χ1v) is 12.9. The molecule has 0 aliphatic carbocycles. The Labute approximate surface area is 177 Å². The minimum Gasteiger partial charge on any atom is -0.487 e. The lowest BCUT2D eigenvalue weighted by Gasteiger charge is -2.07. The first-order chi connectivity index (χ1) is 13.3. The highest BCUT2D eigenvalue weighted by Crippen LogP contribution is 2.14. The van der Waals surface area contributed by atoms with Crippen molar-refractivity contribution in [2.45, 2.75) is 149 Å². The molecule has 0 amide bonds. The molecule has 0 aliphatic rings. The van der Waals surface area contributed by atoms with E-state index in [1.807, 2.05) is 0 Å². The third-order valence-electron chi connectivity index (χ3n) is 5.50. The summed E-state index contributed by atoms with van der Waals surface area (Å²) in [6.07, 6.45) is 28.7. The van der Waals surface area contributed by atoms with Crippen LogP contribution in [-0.2, 0) is 4.74 Å². The largest absolute Gasteiger partial charge is 0.487 e. The fourth-order valence-electron chi connectivity index (χ4n) is 3.60. The summed E-state index contributed by atoms with van der Waals surface area (Å²) in [4.78, 5) is 0. The van der Waals surface area contributed by atoms with Crippen LogP contribution in [0.4, 0.5) is 0 Å². The molecule has 0 aliphatic heterocycles. The van der Waals surface area contributed by atoms with Gasteiger partial charge < -0.3 is 4.74 Å². The zero-order valence-corrected chi connectivity index (χ0v) is 19.7. The van der Waals surface area contributed by atoms with Gasteiger partial charge in [0.05, 0.1) is 6.61 Å². The van der Waals surface area contributed by atoms with Gasteiger partial charge in [0.25, 0.3) is 0 Å². The van der Waals surface area contributed by atoms with Gasteiger partial charge in [-0.3, -0.25) is 0 Å². The third kappa shape index (κ3) is 23.9. The van der Waals surface area contributed by atoms with E-state index in [-0.39, 0.29) is 0 Å². The maximum absolute atomic E-state index is 5.67. The summed E-state index contributed by atoms with van der Waals surface area (Å²) in [6.45, 7) is 5.37. The highest BCUT2D eigenvalue weighted by atomic mass is 32.1. The second-order valence-electron chi connectivity index (χ2n) is 8.33. The van der Waals surface area contributed by atoms with Crippen molar-refractivity contribution in [3.8, 4) is 0 Å². The molecule has 0 unspecified atom stereocenters. The van der Waals surface area contributed by atoms with E-state index in [9.17, 15) is 0 Å². The fraction of sp³-hybridized carbons (Fsp3) is 0.960. The first kappa shape index (κ1) is 26.9. The van der Waals surface area contributed by atoms with Gasteiger partial charge in [0, 0.05) is 6.42 Å². The summed E-state index contributed by atoms with van der Waals surface area (Å²) >= 11 is 5.29. The third-order valence-corrected chi connectivity index (χ3v) is 5.82. The van der Waals surface area contributed by atoms with Crippen LogP contribution in [0.5, 0.6) is 0 Å². The minimum atomic E-state index is 0.838. The first-order valence-electron chi connectivity index (χ1n) is 12.5. The molecule has 0 rings (SSSR count).